The van der Waals surface area contributed by atoms with Crippen molar-refractivity contribution in [1.29, 1.82) is 0 Å². The maximum atomic E-state index is 14.9. The molecule has 0 saturated heterocycles. The van der Waals surface area contributed by atoms with E-state index in [4.69, 9.17) is 5.11 Å². The Kier molecular flexibility index (Phi) is 3.92. The van der Waals surface area contributed by atoms with E-state index in [-0.39, 0.29) is 16.1 Å². The van der Waals surface area contributed by atoms with Crippen LogP contribution in [0.2, 0.25) is 0 Å². The van der Waals surface area contributed by atoms with Gasteiger partial charge in [-0.3, -0.25) is 9.78 Å². The van der Waals surface area contributed by atoms with Crippen molar-refractivity contribution in [3.63, 3.8) is 0 Å². The number of hydrogen-bond acceptors (Lipinski definition) is 5. The number of aromatic amines is 1. The van der Waals surface area contributed by atoms with Gasteiger partial charge in [0.15, 0.2) is 0 Å². The fourth-order valence-corrected chi connectivity index (χ4v) is 4.56. The van der Waals surface area contributed by atoms with E-state index in [9.17, 15) is 14.0 Å². The number of nitrogens with zero attached hydrogens (tertiary/aromatic N) is 3. The Balaban J connectivity index is 1.80. The smallest absolute Gasteiger partial charge is 0.335 e. The highest BCUT2D eigenvalue weighted by Crippen LogP contribution is 2.41. The first-order valence-corrected chi connectivity index (χ1v) is 9.62. The van der Waals surface area contributed by atoms with Crippen LogP contribution in [-0.2, 0) is 12.8 Å². The molecule has 3 heterocycles. The number of hydrogen-bond donors (Lipinski definition) is 2. The summed E-state index contributed by atoms with van der Waals surface area (Å²) in [5.41, 5.74) is 3.78. The van der Waals surface area contributed by atoms with E-state index < -0.39 is 11.8 Å². The van der Waals surface area contributed by atoms with Crippen molar-refractivity contribution in [3.8, 4) is 27.5 Å². The largest absolute Gasteiger partial charge is 0.478 e. The molecule has 0 atom stereocenters. The van der Waals surface area contributed by atoms with Crippen LogP contribution in [0.5, 0.6) is 0 Å². The molecule has 0 bridgehead atoms. The van der Waals surface area contributed by atoms with Crippen molar-refractivity contribution >= 4 is 17.3 Å². The van der Waals surface area contributed by atoms with Crippen LogP contribution in [0.3, 0.4) is 0 Å². The number of thiazole rings is 1. The molecule has 0 aliphatic heterocycles. The summed E-state index contributed by atoms with van der Waals surface area (Å²) in [4.78, 5) is 30.6. The predicted octanol–water partition coefficient (Wildman–Crippen LogP) is 3.29. The first-order chi connectivity index (χ1) is 14.0. The Morgan fingerprint density at radius 3 is 2.86 bits per heavy atom. The molecule has 2 N–H and O–H groups in total. The molecule has 29 heavy (non-hydrogen) atoms. The van der Waals surface area contributed by atoms with Gasteiger partial charge in [-0.2, -0.15) is 5.10 Å². The molecule has 0 saturated carbocycles. The lowest BCUT2D eigenvalue weighted by Crippen LogP contribution is -2.08. The molecule has 0 unspecified atom stereocenters. The van der Waals surface area contributed by atoms with E-state index in [0.717, 1.165) is 39.1 Å². The zero-order valence-electron chi connectivity index (χ0n) is 14.8. The van der Waals surface area contributed by atoms with E-state index in [1.54, 1.807) is 18.5 Å². The third-order valence-corrected chi connectivity index (χ3v) is 5.83. The Hall–Kier alpha value is -3.59. The van der Waals surface area contributed by atoms with Crippen molar-refractivity contribution in [2.45, 2.75) is 12.8 Å². The quantitative estimate of drug-likeness (QED) is 0.542. The number of nitrogens with one attached hydrogen (secondary N) is 1. The summed E-state index contributed by atoms with van der Waals surface area (Å²) < 4.78 is 16.3. The molecule has 1 aliphatic rings. The minimum Gasteiger partial charge on any atom is -0.478 e. The first-order valence-electron chi connectivity index (χ1n) is 8.81. The summed E-state index contributed by atoms with van der Waals surface area (Å²) in [5, 5.41) is 13.8. The van der Waals surface area contributed by atoms with Crippen molar-refractivity contribution in [2.75, 3.05) is 0 Å². The van der Waals surface area contributed by atoms with Gasteiger partial charge in [0.1, 0.15) is 11.5 Å². The molecule has 3 aromatic heterocycles. The van der Waals surface area contributed by atoms with Crippen LogP contribution in [0.15, 0.2) is 47.5 Å². The van der Waals surface area contributed by atoms with Gasteiger partial charge in [0, 0.05) is 29.2 Å². The van der Waals surface area contributed by atoms with Crippen molar-refractivity contribution in [2.24, 2.45) is 0 Å². The maximum Gasteiger partial charge on any atom is 0.335 e. The molecule has 0 radical (unpaired) electrons. The van der Waals surface area contributed by atoms with Crippen LogP contribution in [0.1, 0.15) is 21.6 Å². The van der Waals surface area contributed by atoms with Gasteiger partial charge in [0.05, 0.1) is 21.8 Å². The SMILES string of the molecule is O=C(O)c1ccc(-n2nc(-c3cccnc3)c3c2-c2sc(=O)[nH]c2CC3)c(F)c1. The predicted molar refractivity (Wildman–Crippen MR) is 105 cm³/mol. The third kappa shape index (κ3) is 2.78. The van der Waals surface area contributed by atoms with Crippen LogP contribution < -0.4 is 4.87 Å². The second kappa shape index (κ2) is 6.49. The minimum absolute atomic E-state index is 0.120. The first kappa shape index (κ1) is 17.5. The molecule has 0 spiro atoms. The summed E-state index contributed by atoms with van der Waals surface area (Å²) in [6.45, 7) is 0. The lowest BCUT2D eigenvalue weighted by molar-refractivity contribution is 0.0696. The highest BCUT2D eigenvalue weighted by Gasteiger charge is 2.29. The van der Waals surface area contributed by atoms with Crippen LogP contribution in [0.25, 0.3) is 27.5 Å². The Labute approximate surface area is 167 Å². The number of carboxylic acids is 1. The number of aromatic nitrogens is 4. The normalized spacial score (nSPS) is 12.4. The van der Waals surface area contributed by atoms with Crippen LogP contribution >= 0.6 is 11.3 Å². The lowest BCUT2D eigenvalue weighted by Gasteiger charge is -2.15. The fraction of sp³-hybridized carbons (Fsp3) is 0.100. The highest BCUT2D eigenvalue weighted by molar-refractivity contribution is 7.13. The van der Waals surface area contributed by atoms with E-state index in [2.05, 4.69) is 15.1 Å². The van der Waals surface area contributed by atoms with Crippen LogP contribution in [0.4, 0.5) is 4.39 Å². The van der Waals surface area contributed by atoms with Crippen molar-refractivity contribution < 1.29 is 14.3 Å². The van der Waals surface area contributed by atoms with Gasteiger partial charge in [-0.15, -0.1) is 0 Å². The van der Waals surface area contributed by atoms with Gasteiger partial charge in [-0.05, 0) is 43.2 Å². The number of aryl methyl sites for hydroxylation is 1. The van der Waals surface area contributed by atoms with Gasteiger partial charge in [-0.25, -0.2) is 13.9 Å². The van der Waals surface area contributed by atoms with Crippen LogP contribution in [-0.4, -0.2) is 30.8 Å². The molecular weight excluding hydrogens is 395 g/mol. The third-order valence-electron chi connectivity index (χ3n) is 4.90. The van der Waals surface area contributed by atoms with Crippen molar-refractivity contribution in [3.05, 3.63) is 75.0 Å². The number of aromatic carboxylic acids is 1. The fourth-order valence-electron chi connectivity index (χ4n) is 3.62. The second-order valence-electron chi connectivity index (χ2n) is 6.62. The standard InChI is InChI=1S/C20H13FN4O3S/c21-13-8-10(19(26)27)3-6-15(13)25-17-12(4-5-14-18(17)29-20(28)23-14)16(24-25)11-2-1-7-22-9-11/h1-3,6-9H,4-5H2,(H,23,28)(H,26,27). The number of rotatable bonds is 3. The molecule has 5 rings (SSSR count). The molecule has 4 aromatic rings. The average Bonchev–Trinajstić information content (AvgIpc) is 3.28. The summed E-state index contributed by atoms with van der Waals surface area (Å²) >= 11 is 1.06. The molecule has 1 aromatic carbocycles. The van der Waals surface area contributed by atoms with E-state index in [0.29, 0.717) is 24.2 Å². The molecule has 1 aliphatic carbocycles. The topological polar surface area (TPSA) is 101 Å². The summed E-state index contributed by atoms with van der Waals surface area (Å²) in [6, 6.07) is 7.37. The molecule has 0 fully saturated rings. The van der Waals surface area contributed by atoms with Gasteiger partial charge < -0.3 is 10.1 Å². The summed E-state index contributed by atoms with van der Waals surface area (Å²) in [6.07, 6.45) is 4.63. The molecule has 7 nitrogen and oxygen atoms in total. The second-order valence-corrected chi connectivity index (χ2v) is 7.61. The summed E-state index contributed by atoms with van der Waals surface area (Å²) in [5.74, 6) is -1.91. The van der Waals surface area contributed by atoms with Gasteiger partial charge in [-0.1, -0.05) is 11.3 Å². The lowest BCUT2D eigenvalue weighted by atomic mass is 9.95. The van der Waals surface area contributed by atoms with Gasteiger partial charge >= 0.3 is 10.8 Å². The minimum atomic E-state index is -1.21. The van der Waals surface area contributed by atoms with Gasteiger partial charge in [0.25, 0.3) is 0 Å². The number of halogens is 1. The Bertz CT molecular complexity index is 1320. The van der Waals surface area contributed by atoms with Gasteiger partial charge in [0.2, 0.25) is 0 Å². The number of carboxylic acid groups (broad SMARTS) is 1. The zero-order chi connectivity index (χ0) is 20.1. The average molecular weight is 408 g/mol. The van der Waals surface area contributed by atoms with E-state index >= 15 is 0 Å². The zero-order valence-corrected chi connectivity index (χ0v) is 15.7. The molecular formula is C20H13FN4O3S. The number of pyridine rings is 1. The summed E-state index contributed by atoms with van der Waals surface area (Å²) in [7, 11) is 0. The maximum absolute atomic E-state index is 14.9. The molecule has 0 amide bonds. The van der Waals surface area contributed by atoms with E-state index in [1.165, 1.54) is 16.8 Å². The monoisotopic (exact) mass is 408 g/mol. The van der Waals surface area contributed by atoms with Crippen LogP contribution in [0, 0.1) is 5.82 Å². The molecule has 144 valence electrons. The number of H-pyrrole nitrogens is 1. The van der Waals surface area contributed by atoms with E-state index in [1.807, 2.05) is 6.07 Å². The Morgan fingerprint density at radius 2 is 2.14 bits per heavy atom. The number of benzene rings is 1. The Morgan fingerprint density at radius 1 is 1.28 bits per heavy atom. The highest BCUT2D eigenvalue weighted by atomic mass is 32.1. The number of fused-ring (bicyclic) bond motifs is 3. The number of carbonyl (C=O) groups is 1. The molecule has 9 heteroatoms. The van der Waals surface area contributed by atoms with Crippen molar-refractivity contribution in [1.82, 2.24) is 19.7 Å².